The van der Waals surface area contributed by atoms with Gasteiger partial charge in [-0.15, -0.1) is 0 Å². The Balaban J connectivity index is 1.16. The molecule has 1 amide bonds. The van der Waals surface area contributed by atoms with Gasteiger partial charge in [-0.1, -0.05) is 19.9 Å². The van der Waals surface area contributed by atoms with Crippen molar-refractivity contribution in [1.82, 2.24) is 29.1 Å². The van der Waals surface area contributed by atoms with Gasteiger partial charge < -0.3 is 29.7 Å². The van der Waals surface area contributed by atoms with Gasteiger partial charge in [0.1, 0.15) is 11.5 Å². The number of carbonyl (C=O) groups is 1. The van der Waals surface area contributed by atoms with Crippen LogP contribution in [-0.2, 0) is 6.54 Å². The summed E-state index contributed by atoms with van der Waals surface area (Å²) in [6, 6.07) is 11.4. The Morgan fingerprint density at radius 1 is 1.00 bits per heavy atom. The third-order valence-corrected chi connectivity index (χ3v) is 9.37. The average molecular weight is 589 g/mol. The molecule has 2 fully saturated rings. The van der Waals surface area contributed by atoms with Gasteiger partial charge in [-0.05, 0) is 92.2 Å². The zero-order chi connectivity index (χ0) is 30.2. The van der Waals surface area contributed by atoms with Gasteiger partial charge in [0.25, 0.3) is 0 Å². The maximum Gasteiger partial charge on any atom is 0.407 e. The first-order valence-electron chi connectivity index (χ1n) is 15.2. The second-order valence-electron chi connectivity index (χ2n) is 12.3. The first-order chi connectivity index (χ1) is 20.7. The number of nitrogens with one attached hydrogen (secondary N) is 1. The number of piperidine rings is 2. The smallest absolute Gasteiger partial charge is 0.407 e. The van der Waals surface area contributed by atoms with E-state index in [0.29, 0.717) is 41.9 Å². The van der Waals surface area contributed by atoms with E-state index in [9.17, 15) is 24.9 Å². The minimum Gasteiger partial charge on any atom is -0.508 e. The zero-order valence-corrected chi connectivity index (χ0v) is 24.7. The molecule has 2 saturated heterocycles. The number of aryl methyl sites for hydroxylation is 1. The first kappa shape index (κ1) is 28.9. The number of phenolic OH excluding ortho intramolecular Hbond substituents is 2. The van der Waals surface area contributed by atoms with Crippen molar-refractivity contribution < 1.29 is 20.1 Å². The molecule has 0 aliphatic carbocycles. The Kier molecular flexibility index (Phi) is 7.91. The largest absolute Gasteiger partial charge is 0.508 e. The number of hydrogen-bond donors (Lipinski definition) is 4. The van der Waals surface area contributed by atoms with Gasteiger partial charge in [0, 0.05) is 37.9 Å². The summed E-state index contributed by atoms with van der Waals surface area (Å²) in [5.41, 5.74) is 2.29. The molecule has 2 aliphatic heterocycles. The fourth-order valence-electron chi connectivity index (χ4n) is 6.81. The minimum absolute atomic E-state index is 0.00618. The summed E-state index contributed by atoms with van der Waals surface area (Å²) in [4.78, 5) is 28.3. The molecule has 2 aliphatic rings. The molecule has 0 unspecified atom stereocenters. The van der Waals surface area contributed by atoms with Crippen molar-refractivity contribution in [3.8, 4) is 28.6 Å². The SMILES string of the molecule is CC(C)c1cc(-c2n[nH]c(=O)n2-c2ccc3ccn(CCC4CCN(C5CCN(C(=O)O)CC5)CC4)c3c2)c(O)cc1O. The van der Waals surface area contributed by atoms with Crippen LogP contribution >= 0.6 is 0 Å². The molecule has 228 valence electrons. The van der Waals surface area contributed by atoms with Crippen LogP contribution < -0.4 is 5.69 Å². The van der Waals surface area contributed by atoms with Crippen LogP contribution in [0.3, 0.4) is 0 Å². The maximum atomic E-state index is 13.0. The molecule has 4 aromatic rings. The van der Waals surface area contributed by atoms with Crippen molar-refractivity contribution in [2.24, 2.45) is 5.92 Å². The molecule has 2 aromatic carbocycles. The molecule has 11 heteroatoms. The fourth-order valence-corrected chi connectivity index (χ4v) is 6.81. The highest BCUT2D eigenvalue weighted by Crippen LogP contribution is 2.37. The second kappa shape index (κ2) is 11.8. The van der Waals surface area contributed by atoms with Crippen molar-refractivity contribution >= 4 is 17.0 Å². The van der Waals surface area contributed by atoms with Gasteiger partial charge in [-0.3, -0.25) is 0 Å². The second-order valence-corrected chi connectivity index (χ2v) is 12.3. The number of benzene rings is 2. The van der Waals surface area contributed by atoms with E-state index in [4.69, 9.17) is 0 Å². The summed E-state index contributed by atoms with van der Waals surface area (Å²) in [5, 5.41) is 38.1. The minimum atomic E-state index is -0.809. The van der Waals surface area contributed by atoms with Crippen LogP contribution in [0.2, 0.25) is 0 Å². The van der Waals surface area contributed by atoms with Gasteiger partial charge >= 0.3 is 11.8 Å². The average Bonchev–Trinajstić information content (AvgIpc) is 3.58. The normalized spacial score (nSPS) is 17.3. The Hall–Kier alpha value is -4.25. The summed E-state index contributed by atoms with van der Waals surface area (Å²) >= 11 is 0. The Morgan fingerprint density at radius 2 is 1.74 bits per heavy atom. The van der Waals surface area contributed by atoms with Crippen LogP contribution in [0.25, 0.3) is 28.0 Å². The Morgan fingerprint density at radius 3 is 2.44 bits per heavy atom. The number of aromatic nitrogens is 4. The van der Waals surface area contributed by atoms with E-state index < -0.39 is 11.8 Å². The van der Waals surface area contributed by atoms with Gasteiger partial charge in [0.2, 0.25) is 0 Å². The Bertz CT molecular complexity index is 1670. The molecular formula is C32H40N6O5. The molecule has 0 bridgehead atoms. The molecule has 2 aromatic heterocycles. The van der Waals surface area contributed by atoms with Crippen molar-refractivity contribution in [1.29, 1.82) is 0 Å². The van der Waals surface area contributed by atoms with E-state index in [2.05, 4.69) is 31.9 Å². The summed E-state index contributed by atoms with van der Waals surface area (Å²) in [6.07, 6.45) is 6.48. The summed E-state index contributed by atoms with van der Waals surface area (Å²) in [6.45, 7) is 8.16. The van der Waals surface area contributed by atoms with Gasteiger partial charge in [0.05, 0.1) is 16.8 Å². The number of carboxylic acid groups (broad SMARTS) is 1. The number of amides is 1. The molecule has 0 spiro atoms. The van der Waals surface area contributed by atoms with E-state index in [1.165, 1.54) is 15.5 Å². The number of H-pyrrole nitrogens is 1. The monoisotopic (exact) mass is 588 g/mol. The predicted molar refractivity (Wildman–Crippen MR) is 164 cm³/mol. The van der Waals surface area contributed by atoms with E-state index in [1.807, 2.05) is 32.0 Å². The van der Waals surface area contributed by atoms with E-state index in [0.717, 1.165) is 62.6 Å². The highest BCUT2D eigenvalue weighted by Gasteiger charge is 2.29. The third kappa shape index (κ3) is 5.73. The number of nitrogens with zero attached hydrogens (tertiary/aromatic N) is 5. The van der Waals surface area contributed by atoms with Crippen LogP contribution in [0.4, 0.5) is 4.79 Å². The van der Waals surface area contributed by atoms with Crippen molar-refractivity contribution in [2.45, 2.75) is 64.5 Å². The van der Waals surface area contributed by atoms with Crippen LogP contribution in [0, 0.1) is 5.92 Å². The maximum absolute atomic E-state index is 13.0. The zero-order valence-electron chi connectivity index (χ0n) is 24.7. The van der Waals surface area contributed by atoms with E-state index >= 15 is 0 Å². The van der Waals surface area contributed by atoms with Gasteiger partial charge in [0.15, 0.2) is 5.82 Å². The molecule has 4 heterocycles. The van der Waals surface area contributed by atoms with Crippen LogP contribution in [0.15, 0.2) is 47.4 Å². The van der Waals surface area contributed by atoms with Crippen molar-refractivity contribution in [3.63, 3.8) is 0 Å². The van der Waals surface area contributed by atoms with E-state index in [-0.39, 0.29) is 23.2 Å². The first-order valence-corrected chi connectivity index (χ1v) is 15.2. The van der Waals surface area contributed by atoms with Gasteiger partial charge in [-0.2, -0.15) is 5.10 Å². The predicted octanol–water partition coefficient (Wildman–Crippen LogP) is 4.96. The topological polar surface area (TPSA) is 140 Å². The quantitative estimate of drug-likeness (QED) is 0.239. The van der Waals surface area contributed by atoms with Crippen molar-refractivity contribution in [3.05, 3.63) is 58.6 Å². The number of phenols is 2. The highest BCUT2D eigenvalue weighted by molar-refractivity contribution is 5.82. The van der Waals surface area contributed by atoms with E-state index in [1.54, 1.807) is 6.07 Å². The number of hydrogen-bond acceptors (Lipinski definition) is 6. The standard InChI is InChI=1S/C32H40N6O5/c1-20(2)25-18-26(29(40)19-28(25)39)30-33-34-31(41)38(30)24-4-3-22-8-14-36(27(22)17-24)13-7-21-5-11-35(12-6-21)23-9-15-37(16-10-23)32(42)43/h3-4,8,14,17-21,23,39-40H,5-7,9-13,15-16H2,1-2H3,(H,34,41)(H,42,43). The summed E-state index contributed by atoms with van der Waals surface area (Å²) < 4.78 is 3.70. The lowest BCUT2D eigenvalue weighted by molar-refractivity contribution is 0.0721. The number of aromatic amines is 1. The molecule has 4 N–H and O–H groups in total. The molecular weight excluding hydrogens is 548 g/mol. The molecule has 6 rings (SSSR count). The molecule has 0 saturated carbocycles. The van der Waals surface area contributed by atoms with Crippen molar-refractivity contribution in [2.75, 3.05) is 26.2 Å². The van der Waals surface area contributed by atoms with Crippen LogP contribution in [0.5, 0.6) is 11.5 Å². The van der Waals surface area contributed by atoms with Crippen LogP contribution in [0.1, 0.15) is 57.4 Å². The molecule has 0 atom stereocenters. The lowest BCUT2D eigenvalue weighted by atomic mass is 9.91. The van der Waals surface area contributed by atoms with Gasteiger partial charge in [-0.25, -0.2) is 19.3 Å². The number of fused-ring (bicyclic) bond motifs is 1. The molecule has 0 radical (unpaired) electrons. The van der Waals surface area contributed by atoms with Crippen LogP contribution in [-0.4, -0.2) is 82.8 Å². The Labute approximate surface area is 250 Å². The number of rotatable bonds is 7. The lowest BCUT2D eigenvalue weighted by Gasteiger charge is -2.41. The number of aromatic hydroxyl groups is 2. The summed E-state index contributed by atoms with van der Waals surface area (Å²) in [7, 11) is 0. The molecule has 11 nitrogen and oxygen atoms in total. The fraction of sp³-hybridized carbons (Fsp3) is 0.469. The summed E-state index contributed by atoms with van der Waals surface area (Å²) in [5.74, 6) is 0.784. The lowest BCUT2D eigenvalue weighted by Crippen LogP contribution is -2.48. The third-order valence-electron chi connectivity index (χ3n) is 9.37. The highest BCUT2D eigenvalue weighted by atomic mass is 16.4. The molecule has 43 heavy (non-hydrogen) atoms. The number of likely N-dealkylation sites (tertiary alicyclic amines) is 2.